The molecule has 144 valence electrons. The monoisotopic (exact) mass is 398 g/mol. The minimum atomic E-state index is -0.791. The highest BCUT2D eigenvalue weighted by Gasteiger charge is 2.17. The van der Waals surface area contributed by atoms with Gasteiger partial charge >= 0.3 is 5.97 Å². The van der Waals surface area contributed by atoms with E-state index in [2.05, 4.69) is 5.10 Å². The standard InChI is InChI=1S/C21H19ClN2O4/c1-14-5-3-4-6-19(14)27-11-12-28-21(26)20-18(25)13-15(2)24(23-20)17-9-7-16(22)8-10-17/h3-10,13H,11-12H2,1-2H3. The molecule has 1 aromatic heterocycles. The Kier molecular flexibility index (Phi) is 6.11. The third kappa shape index (κ3) is 4.58. The molecule has 0 saturated carbocycles. The maximum absolute atomic E-state index is 12.3. The van der Waals surface area contributed by atoms with Crippen LogP contribution in [0.4, 0.5) is 0 Å². The lowest BCUT2D eigenvalue weighted by Gasteiger charge is -2.12. The van der Waals surface area contributed by atoms with Gasteiger partial charge in [-0.05, 0) is 49.7 Å². The topological polar surface area (TPSA) is 70.4 Å². The van der Waals surface area contributed by atoms with Crippen molar-refractivity contribution in [2.75, 3.05) is 13.2 Å². The predicted molar refractivity (Wildman–Crippen MR) is 107 cm³/mol. The molecule has 0 aliphatic heterocycles. The van der Waals surface area contributed by atoms with E-state index in [4.69, 9.17) is 21.1 Å². The lowest BCUT2D eigenvalue weighted by atomic mass is 10.2. The molecule has 0 bridgehead atoms. The van der Waals surface area contributed by atoms with Crippen molar-refractivity contribution in [1.29, 1.82) is 0 Å². The quantitative estimate of drug-likeness (QED) is 0.467. The van der Waals surface area contributed by atoms with Gasteiger partial charge in [-0.2, -0.15) is 5.10 Å². The molecule has 0 unspecified atom stereocenters. The van der Waals surface area contributed by atoms with Crippen LogP contribution in [-0.4, -0.2) is 29.0 Å². The zero-order valence-electron chi connectivity index (χ0n) is 15.5. The number of halogens is 1. The van der Waals surface area contributed by atoms with E-state index in [1.807, 2.05) is 31.2 Å². The summed E-state index contributed by atoms with van der Waals surface area (Å²) in [7, 11) is 0. The minimum absolute atomic E-state index is 0.00308. The van der Waals surface area contributed by atoms with Crippen LogP contribution in [0.25, 0.3) is 5.69 Å². The molecule has 28 heavy (non-hydrogen) atoms. The second kappa shape index (κ2) is 8.71. The maximum Gasteiger partial charge on any atom is 0.363 e. The van der Waals surface area contributed by atoms with Gasteiger partial charge in [-0.1, -0.05) is 29.8 Å². The molecule has 2 aromatic carbocycles. The third-order valence-corrected chi connectivity index (χ3v) is 4.29. The number of rotatable bonds is 6. The number of para-hydroxylation sites is 1. The number of ether oxygens (including phenoxy) is 2. The molecule has 0 spiro atoms. The number of benzene rings is 2. The molecule has 0 atom stereocenters. The van der Waals surface area contributed by atoms with Gasteiger partial charge in [0.25, 0.3) is 0 Å². The SMILES string of the molecule is Cc1ccccc1OCCOC(=O)c1nn(-c2ccc(Cl)cc2)c(C)cc1=O. The molecule has 0 amide bonds. The zero-order valence-corrected chi connectivity index (χ0v) is 16.3. The number of nitrogens with zero attached hydrogens (tertiary/aromatic N) is 2. The summed E-state index contributed by atoms with van der Waals surface area (Å²) >= 11 is 5.91. The van der Waals surface area contributed by atoms with E-state index in [0.717, 1.165) is 11.3 Å². The normalized spacial score (nSPS) is 10.5. The minimum Gasteiger partial charge on any atom is -0.490 e. The van der Waals surface area contributed by atoms with Crippen LogP contribution in [0.1, 0.15) is 21.7 Å². The molecule has 0 radical (unpaired) electrons. The van der Waals surface area contributed by atoms with E-state index in [9.17, 15) is 9.59 Å². The van der Waals surface area contributed by atoms with E-state index in [1.165, 1.54) is 10.7 Å². The molecule has 3 rings (SSSR count). The van der Waals surface area contributed by atoms with Crippen LogP contribution < -0.4 is 10.2 Å². The Balaban J connectivity index is 1.69. The molecule has 1 heterocycles. The second-order valence-corrected chi connectivity index (χ2v) is 6.57. The number of esters is 1. The van der Waals surface area contributed by atoms with Gasteiger partial charge in [0.05, 0.1) is 5.69 Å². The average molecular weight is 399 g/mol. The van der Waals surface area contributed by atoms with Gasteiger partial charge < -0.3 is 9.47 Å². The summed E-state index contributed by atoms with van der Waals surface area (Å²) in [6.07, 6.45) is 0. The third-order valence-electron chi connectivity index (χ3n) is 4.04. The first-order valence-electron chi connectivity index (χ1n) is 8.68. The number of carbonyl (C=O) groups excluding carboxylic acids is 1. The summed E-state index contributed by atoms with van der Waals surface area (Å²) in [6, 6.07) is 15.8. The number of hydrogen-bond donors (Lipinski definition) is 0. The fourth-order valence-electron chi connectivity index (χ4n) is 2.61. The summed E-state index contributed by atoms with van der Waals surface area (Å²) in [4.78, 5) is 24.5. The number of hydrogen-bond acceptors (Lipinski definition) is 5. The van der Waals surface area contributed by atoms with Crippen LogP contribution in [0.2, 0.25) is 5.02 Å². The van der Waals surface area contributed by atoms with Crippen molar-refractivity contribution in [3.63, 3.8) is 0 Å². The van der Waals surface area contributed by atoms with Crippen molar-refractivity contribution in [3.05, 3.63) is 86.8 Å². The summed E-state index contributed by atoms with van der Waals surface area (Å²) in [5.41, 5.74) is 1.48. The zero-order chi connectivity index (χ0) is 20.1. The second-order valence-electron chi connectivity index (χ2n) is 6.14. The van der Waals surface area contributed by atoms with Crippen LogP contribution in [-0.2, 0) is 4.74 Å². The Hall–Kier alpha value is -3.12. The Labute approximate surface area is 167 Å². The van der Waals surface area contributed by atoms with Crippen molar-refractivity contribution in [2.45, 2.75) is 13.8 Å². The van der Waals surface area contributed by atoms with Gasteiger partial charge in [0.15, 0.2) is 0 Å². The van der Waals surface area contributed by atoms with Crippen molar-refractivity contribution in [1.82, 2.24) is 9.78 Å². The molecule has 7 heteroatoms. The highest BCUT2D eigenvalue weighted by atomic mass is 35.5. The molecule has 3 aromatic rings. The fourth-order valence-corrected chi connectivity index (χ4v) is 2.73. The van der Waals surface area contributed by atoms with Gasteiger partial charge in [0, 0.05) is 16.8 Å². The van der Waals surface area contributed by atoms with Gasteiger partial charge in [-0.25, -0.2) is 9.48 Å². The smallest absolute Gasteiger partial charge is 0.363 e. The molecule has 0 fully saturated rings. The lowest BCUT2D eigenvalue weighted by Crippen LogP contribution is -2.25. The average Bonchev–Trinajstić information content (AvgIpc) is 2.67. The molecular weight excluding hydrogens is 380 g/mol. The Morgan fingerprint density at radius 1 is 1.07 bits per heavy atom. The number of carbonyl (C=O) groups is 1. The Morgan fingerprint density at radius 3 is 2.50 bits per heavy atom. The highest BCUT2D eigenvalue weighted by Crippen LogP contribution is 2.16. The first-order chi connectivity index (χ1) is 13.5. The molecule has 0 aliphatic rings. The van der Waals surface area contributed by atoms with Crippen molar-refractivity contribution < 1.29 is 14.3 Å². The van der Waals surface area contributed by atoms with Crippen LogP contribution in [0, 0.1) is 13.8 Å². The lowest BCUT2D eigenvalue weighted by molar-refractivity contribution is 0.0439. The first kappa shape index (κ1) is 19.6. The first-order valence-corrected chi connectivity index (χ1v) is 9.06. The van der Waals surface area contributed by atoms with Crippen LogP contribution in [0.3, 0.4) is 0 Å². The van der Waals surface area contributed by atoms with Crippen molar-refractivity contribution in [3.8, 4) is 11.4 Å². The molecular formula is C21H19ClN2O4. The summed E-state index contributed by atoms with van der Waals surface area (Å²) < 4.78 is 12.2. The van der Waals surface area contributed by atoms with Gasteiger partial charge in [0.1, 0.15) is 19.0 Å². The van der Waals surface area contributed by atoms with Gasteiger partial charge in [-0.15, -0.1) is 0 Å². The fraction of sp³-hybridized carbons (Fsp3) is 0.190. The van der Waals surface area contributed by atoms with E-state index < -0.39 is 11.4 Å². The maximum atomic E-state index is 12.3. The largest absolute Gasteiger partial charge is 0.490 e. The van der Waals surface area contributed by atoms with Gasteiger partial charge in [0.2, 0.25) is 11.1 Å². The van der Waals surface area contributed by atoms with Crippen LogP contribution in [0.5, 0.6) is 5.75 Å². The summed E-state index contributed by atoms with van der Waals surface area (Å²) in [5, 5.41) is 4.75. The molecule has 0 saturated heterocycles. The van der Waals surface area contributed by atoms with E-state index in [1.54, 1.807) is 31.2 Å². The number of aromatic nitrogens is 2. The van der Waals surface area contributed by atoms with E-state index in [-0.39, 0.29) is 18.9 Å². The Morgan fingerprint density at radius 2 is 1.79 bits per heavy atom. The molecule has 0 aliphatic carbocycles. The van der Waals surface area contributed by atoms with Crippen molar-refractivity contribution >= 4 is 17.6 Å². The van der Waals surface area contributed by atoms with Crippen LogP contribution >= 0.6 is 11.6 Å². The van der Waals surface area contributed by atoms with Crippen LogP contribution in [0.15, 0.2) is 59.4 Å². The number of aryl methyl sites for hydroxylation is 2. The van der Waals surface area contributed by atoms with Gasteiger partial charge in [-0.3, -0.25) is 4.79 Å². The van der Waals surface area contributed by atoms with Crippen molar-refractivity contribution in [2.24, 2.45) is 0 Å². The predicted octanol–water partition coefficient (Wildman–Crippen LogP) is 3.74. The van der Waals surface area contributed by atoms with E-state index >= 15 is 0 Å². The highest BCUT2D eigenvalue weighted by molar-refractivity contribution is 6.30. The Bertz CT molecular complexity index is 1050. The molecule has 6 nitrogen and oxygen atoms in total. The molecule has 0 N–H and O–H groups in total. The summed E-state index contributed by atoms with van der Waals surface area (Å²) in [5.74, 6) is -0.0711. The summed E-state index contributed by atoms with van der Waals surface area (Å²) in [6.45, 7) is 3.84. The van der Waals surface area contributed by atoms with E-state index in [0.29, 0.717) is 16.4 Å².